The Morgan fingerprint density at radius 3 is 2.68 bits per heavy atom. The van der Waals surface area contributed by atoms with Crippen molar-refractivity contribution >= 4 is 15.9 Å². The maximum Gasteiger partial charge on any atom is 0.0766 e. The lowest BCUT2D eigenvalue weighted by atomic mass is 9.97. The highest BCUT2D eigenvalue weighted by Gasteiger charge is 2.23. The predicted octanol–water partition coefficient (Wildman–Crippen LogP) is 3.46. The number of nitrogens with zero attached hydrogens (tertiary/aromatic N) is 2. The molecule has 0 saturated heterocycles. The molecule has 1 saturated carbocycles. The van der Waals surface area contributed by atoms with Gasteiger partial charge < -0.3 is 5.32 Å². The Hall–Kier alpha value is -0.350. The molecule has 0 bridgehead atoms. The van der Waals surface area contributed by atoms with Crippen LogP contribution in [0.5, 0.6) is 0 Å². The highest BCUT2D eigenvalue weighted by atomic mass is 79.9. The first kappa shape index (κ1) is 15.0. The van der Waals surface area contributed by atoms with Gasteiger partial charge in [0, 0.05) is 13.1 Å². The minimum atomic E-state index is 0.724. The van der Waals surface area contributed by atoms with Crippen molar-refractivity contribution in [3.05, 3.63) is 15.9 Å². The van der Waals surface area contributed by atoms with Gasteiger partial charge in [0.2, 0.25) is 0 Å². The average Bonchev–Trinajstić information content (AvgIpc) is 3.18. The van der Waals surface area contributed by atoms with Crippen molar-refractivity contribution in [2.45, 2.75) is 58.4 Å². The Kier molecular flexibility index (Phi) is 5.46. The summed E-state index contributed by atoms with van der Waals surface area (Å²) in [5.74, 6) is 0.724. The van der Waals surface area contributed by atoms with Crippen LogP contribution in [0, 0.1) is 5.92 Å². The van der Waals surface area contributed by atoms with Crippen LogP contribution in [0.3, 0.4) is 0 Å². The average molecular weight is 328 g/mol. The Morgan fingerprint density at radius 2 is 2.16 bits per heavy atom. The van der Waals surface area contributed by atoms with E-state index in [9.17, 15) is 0 Å². The van der Waals surface area contributed by atoms with Crippen LogP contribution in [-0.2, 0) is 19.9 Å². The Bertz CT molecular complexity index is 410. The van der Waals surface area contributed by atoms with Crippen LogP contribution in [0.15, 0.2) is 4.47 Å². The number of halogens is 1. The van der Waals surface area contributed by atoms with E-state index in [0.29, 0.717) is 0 Å². The zero-order valence-corrected chi connectivity index (χ0v) is 14.0. The van der Waals surface area contributed by atoms with E-state index in [1.165, 1.54) is 41.5 Å². The molecule has 1 heterocycles. The zero-order valence-electron chi connectivity index (χ0n) is 12.4. The molecule has 1 atom stereocenters. The predicted molar refractivity (Wildman–Crippen MR) is 83.4 cm³/mol. The summed E-state index contributed by atoms with van der Waals surface area (Å²) >= 11 is 3.73. The molecule has 0 aliphatic heterocycles. The van der Waals surface area contributed by atoms with Crippen molar-refractivity contribution in [3.8, 4) is 0 Å². The van der Waals surface area contributed by atoms with E-state index in [4.69, 9.17) is 0 Å². The lowest BCUT2D eigenvalue weighted by Crippen LogP contribution is -2.26. The molecule has 4 heteroatoms. The highest BCUT2D eigenvalue weighted by molar-refractivity contribution is 9.10. The molecule has 0 spiro atoms. The molecule has 19 heavy (non-hydrogen) atoms. The zero-order chi connectivity index (χ0) is 13.8. The maximum atomic E-state index is 4.60. The van der Waals surface area contributed by atoms with Crippen LogP contribution in [0.4, 0.5) is 0 Å². The highest BCUT2D eigenvalue weighted by Crippen LogP contribution is 2.26. The molecular weight excluding hydrogens is 302 g/mol. The van der Waals surface area contributed by atoms with Crippen LogP contribution >= 0.6 is 15.9 Å². The molecule has 1 fully saturated rings. The molecule has 1 aliphatic carbocycles. The summed E-state index contributed by atoms with van der Waals surface area (Å²) in [5, 5.41) is 8.28. The van der Waals surface area contributed by atoms with Gasteiger partial charge in [0.25, 0.3) is 0 Å². The maximum absolute atomic E-state index is 4.60. The Morgan fingerprint density at radius 1 is 1.42 bits per heavy atom. The van der Waals surface area contributed by atoms with Crippen molar-refractivity contribution in [3.63, 3.8) is 0 Å². The third kappa shape index (κ3) is 4.06. The van der Waals surface area contributed by atoms with Crippen LogP contribution in [0.1, 0.15) is 50.9 Å². The van der Waals surface area contributed by atoms with Gasteiger partial charge in [0.1, 0.15) is 0 Å². The van der Waals surface area contributed by atoms with Crippen molar-refractivity contribution in [1.29, 1.82) is 0 Å². The largest absolute Gasteiger partial charge is 0.314 e. The molecule has 1 unspecified atom stereocenters. The summed E-state index contributed by atoms with van der Waals surface area (Å²) in [6.07, 6.45) is 7.40. The number of hydrogen-bond donors (Lipinski definition) is 1. The summed E-state index contributed by atoms with van der Waals surface area (Å²) in [6, 6.07) is 0.806. The molecule has 1 aromatic rings. The smallest absolute Gasteiger partial charge is 0.0766 e. The summed E-state index contributed by atoms with van der Waals surface area (Å²) in [5.41, 5.74) is 2.54. The van der Waals surface area contributed by atoms with Gasteiger partial charge in [-0.3, -0.25) is 4.68 Å². The summed E-state index contributed by atoms with van der Waals surface area (Å²) in [7, 11) is 2.07. The van der Waals surface area contributed by atoms with Gasteiger partial charge in [-0.15, -0.1) is 0 Å². The fraction of sp³-hybridized carbons (Fsp3) is 0.800. The van der Waals surface area contributed by atoms with Crippen LogP contribution < -0.4 is 5.32 Å². The number of aryl methyl sites for hydroxylation is 2. The van der Waals surface area contributed by atoms with E-state index < -0.39 is 0 Å². The molecule has 1 aliphatic rings. The van der Waals surface area contributed by atoms with E-state index in [2.05, 4.69) is 51.9 Å². The summed E-state index contributed by atoms with van der Waals surface area (Å²) < 4.78 is 3.29. The number of rotatable bonds is 8. The molecule has 0 amide bonds. The van der Waals surface area contributed by atoms with E-state index in [1.807, 2.05) is 0 Å². The topological polar surface area (TPSA) is 29.9 Å². The van der Waals surface area contributed by atoms with Gasteiger partial charge in [-0.05, 0) is 60.5 Å². The standard InChI is InChI=1S/C15H26BrN3/c1-4-6-11(10-17-12-7-8-12)9-14-15(16)13(5-2)18-19(14)3/h11-12,17H,4-10H2,1-3H3. The normalized spacial score (nSPS) is 16.8. The van der Waals surface area contributed by atoms with E-state index in [1.54, 1.807) is 0 Å². The van der Waals surface area contributed by atoms with Crippen LogP contribution in [0.2, 0.25) is 0 Å². The third-order valence-electron chi connectivity index (χ3n) is 3.95. The monoisotopic (exact) mass is 327 g/mol. The molecule has 2 rings (SSSR count). The first-order chi connectivity index (χ1) is 9.15. The van der Waals surface area contributed by atoms with Gasteiger partial charge in [0.05, 0.1) is 15.9 Å². The van der Waals surface area contributed by atoms with E-state index in [0.717, 1.165) is 31.3 Å². The lowest BCUT2D eigenvalue weighted by molar-refractivity contribution is 0.426. The minimum absolute atomic E-state index is 0.724. The van der Waals surface area contributed by atoms with Crippen molar-refractivity contribution in [1.82, 2.24) is 15.1 Å². The number of hydrogen-bond acceptors (Lipinski definition) is 2. The molecule has 0 aromatic carbocycles. The van der Waals surface area contributed by atoms with Crippen molar-refractivity contribution < 1.29 is 0 Å². The number of aromatic nitrogens is 2. The quantitative estimate of drug-likeness (QED) is 0.792. The van der Waals surface area contributed by atoms with Gasteiger partial charge in [0.15, 0.2) is 0 Å². The Balaban J connectivity index is 2.00. The van der Waals surface area contributed by atoms with E-state index in [-0.39, 0.29) is 0 Å². The second-order valence-electron chi connectivity index (χ2n) is 5.73. The van der Waals surface area contributed by atoms with Gasteiger partial charge in [-0.2, -0.15) is 5.10 Å². The van der Waals surface area contributed by atoms with Gasteiger partial charge in [-0.1, -0.05) is 20.3 Å². The summed E-state index contributed by atoms with van der Waals surface area (Å²) in [6.45, 7) is 5.59. The second-order valence-corrected chi connectivity index (χ2v) is 6.52. The van der Waals surface area contributed by atoms with Crippen molar-refractivity contribution in [2.24, 2.45) is 13.0 Å². The molecular formula is C15H26BrN3. The first-order valence-electron chi connectivity index (χ1n) is 7.59. The lowest BCUT2D eigenvalue weighted by Gasteiger charge is -2.17. The first-order valence-corrected chi connectivity index (χ1v) is 8.38. The van der Waals surface area contributed by atoms with Gasteiger partial charge >= 0.3 is 0 Å². The van der Waals surface area contributed by atoms with Crippen molar-refractivity contribution in [2.75, 3.05) is 6.54 Å². The summed E-state index contributed by atoms with van der Waals surface area (Å²) in [4.78, 5) is 0. The second kappa shape index (κ2) is 6.89. The molecule has 1 N–H and O–H groups in total. The molecule has 1 aromatic heterocycles. The fourth-order valence-electron chi connectivity index (χ4n) is 2.62. The van der Waals surface area contributed by atoms with Crippen LogP contribution in [0.25, 0.3) is 0 Å². The number of nitrogens with one attached hydrogen (secondary N) is 1. The third-order valence-corrected chi connectivity index (χ3v) is 4.87. The fourth-order valence-corrected chi connectivity index (χ4v) is 3.40. The SMILES string of the molecule is CCCC(CNC1CC1)Cc1c(Br)c(CC)nn1C. The minimum Gasteiger partial charge on any atom is -0.314 e. The van der Waals surface area contributed by atoms with E-state index >= 15 is 0 Å². The van der Waals surface area contributed by atoms with Crippen LogP contribution in [-0.4, -0.2) is 22.4 Å². The Labute approximate surface area is 125 Å². The van der Waals surface area contributed by atoms with Gasteiger partial charge in [-0.25, -0.2) is 0 Å². The molecule has 3 nitrogen and oxygen atoms in total. The molecule has 108 valence electrons. The molecule has 0 radical (unpaired) electrons.